The first kappa shape index (κ1) is 11.2. The molecule has 86 valence electrons. The Bertz CT molecular complexity index is 415. The smallest absolute Gasteiger partial charge is 0.404 e. The molecule has 1 saturated carbocycles. The number of amides is 1. The predicted molar refractivity (Wildman–Crippen MR) is 59.0 cm³/mol. The van der Waals surface area contributed by atoms with E-state index < -0.39 is 11.7 Å². The van der Waals surface area contributed by atoms with Crippen LogP contribution in [0.2, 0.25) is 5.02 Å². The summed E-state index contributed by atoms with van der Waals surface area (Å²) in [5.41, 5.74) is 4.68. The molecule has 0 bridgehead atoms. The van der Waals surface area contributed by atoms with Gasteiger partial charge in [0.1, 0.15) is 6.10 Å². The molecule has 4 nitrogen and oxygen atoms in total. The monoisotopic (exact) mass is 241 g/mol. The summed E-state index contributed by atoms with van der Waals surface area (Å²) in [5.74, 6) is 0. The van der Waals surface area contributed by atoms with E-state index in [4.69, 9.17) is 22.1 Å². The highest BCUT2D eigenvalue weighted by atomic mass is 35.5. The predicted octanol–water partition coefficient (Wildman–Crippen LogP) is 1.79. The first-order chi connectivity index (χ1) is 7.49. The highest BCUT2D eigenvalue weighted by Gasteiger charge is 2.46. The van der Waals surface area contributed by atoms with E-state index in [-0.39, 0.29) is 6.10 Å². The lowest BCUT2D eigenvalue weighted by molar-refractivity contribution is -0.120. The maximum Gasteiger partial charge on any atom is 0.404 e. The second kappa shape index (κ2) is 3.96. The molecule has 0 aliphatic heterocycles. The van der Waals surface area contributed by atoms with Crippen molar-refractivity contribution in [1.29, 1.82) is 0 Å². The molecule has 5 heteroatoms. The van der Waals surface area contributed by atoms with E-state index in [9.17, 15) is 9.90 Å². The molecule has 0 aromatic heterocycles. The van der Waals surface area contributed by atoms with Crippen molar-refractivity contribution >= 4 is 17.7 Å². The van der Waals surface area contributed by atoms with Gasteiger partial charge in [-0.15, -0.1) is 0 Å². The van der Waals surface area contributed by atoms with Crippen LogP contribution in [0.1, 0.15) is 18.4 Å². The molecule has 0 saturated heterocycles. The lowest BCUT2D eigenvalue weighted by atomic mass is 9.73. The van der Waals surface area contributed by atoms with E-state index in [2.05, 4.69) is 0 Å². The first-order valence-electron chi connectivity index (χ1n) is 4.94. The van der Waals surface area contributed by atoms with Gasteiger partial charge in [0, 0.05) is 17.9 Å². The number of benzene rings is 1. The van der Waals surface area contributed by atoms with Crippen LogP contribution < -0.4 is 5.73 Å². The SMILES string of the molecule is NC(=O)OC1CC(O)(c2cccc(Cl)c2)C1. The quantitative estimate of drug-likeness (QED) is 0.829. The second-order valence-corrected chi connectivity index (χ2v) is 4.45. The zero-order chi connectivity index (χ0) is 11.8. The van der Waals surface area contributed by atoms with Crippen LogP contribution in [0.3, 0.4) is 0 Å². The highest BCUT2D eigenvalue weighted by Crippen LogP contribution is 2.43. The Kier molecular flexibility index (Phi) is 2.78. The molecule has 2 rings (SSSR count). The topological polar surface area (TPSA) is 72.6 Å². The van der Waals surface area contributed by atoms with Crippen molar-refractivity contribution in [1.82, 2.24) is 0 Å². The zero-order valence-corrected chi connectivity index (χ0v) is 9.28. The van der Waals surface area contributed by atoms with Gasteiger partial charge in [0.05, 0.1) is 5.60 Å². The van der Waals surface area contributed by atoms with Crippen molar-refractivity contribution in [2.75, 3.05) is 0 Å². The lowest BCUT2D eigenvalue weighted by Gasteiger charge is -2.42. The minimum atomic E-state index is -0.953. The van der Waals surface area contributed by atoms with Crippen LogP contribution in [-0.4, -0.2) is 17.3 Å². The van der Waals surface area contributed by atoms with Crippen LogP contribution >= 0.6 is 11.6 Å². The van der Waals surface area contributed by atoms with Gasteiger partial charge in [-0.2, -0.15) is 0 Å². The molecule has 1 aliphatic rings. The summed E-state index contributed by atoms with van der Waals surface area (Å²) in [4.78, 5) is 10.5. The summed E-state index contributed by atoms with van der Waals surface area (Å²) < 4.78 is 4.78. The Balaban J connectivity index is 2.05. The van der Waals surface area contributed by atoms with Crippen LogP contribution in [0.5, 0.6) is 0 Å². The Hall–Kier alpha value is -1.26. The largest absolute Gasteiger partial charge is 0.446 e. The Morgan fingerprint density at radius 3 is 2.81 bits per heavy atom. The van der Waals surface area contributed by atoms with E-state index in [1.165, 1.54) is 0 Å². The zero-order valence-electron chi connectivity index (χ0n) is 8.52. The van der Waals surface area contributed by atoms with Crippen molar-refractivity contribution in [2.45, 2.75) is 24.5 Å². The molecule has 0 heterocycles. The maximum atomic E-state index is 10.5. The molecule has 0 atom stereocenters. The normalized spacial score (nSPS) is 28.2. The fourth-order valence-electron chi connectivity index (χ4n) is 1.95. The maximum absolute atomic E-state index is 10.5. The van der Waals surface area contributed by atoms with E-state index in [0.717, 1.165) is 5.56 Å². The van der Waals surface area contributed by atoms with Gasteiger partial charge < -0.3 is 15.6 Å². The van der Waals surface area contributed by atoms with Gasteiger partial charge in [-0.05, 0) is 17.7 Å². The van der Waals surface area contributed by atoms with E-state index >= 15 is 0 Å². The lowest BCUT2D eigenvalue weighted by Crippen LogP contribution is -2.47. The molecule has 1 aliphatic carbocycles. The summed E-state index contributed by atoms with van der Waals surface area (Å²) in [6.07, 6.45) is -0.397. The van der Waals surface area contributed by atoms with Crippen LogP contribution in [-0.2, 0) is 10.3 Å². The molecule has 0 spiro atoms. The third-order valence-corrected chi connectivity index (χ3v) is 3.01. The van der Waals surface area contributed by atoms with Crippen molar-refractivity contribution in [3.05, 3.63) is 34.9 Å². The minimum Gasteiger partial charge on any atom is -0.446 e. The van der Waals surface area contributed by atoms with Crippen molar-refractivity contribution in [3.63, 3.8) is 0 Å². The highest BCUT2D eigenvalue weighted by molar-refractivity contribution is 6.30. The number of rotatable bonds is 2. The average molecular weight is 242 g/mol. The third-order valence-electron chi connectivity index (χ3n) is 2.78. The molecular formula is C11H12ClNO3. The number of hydrogen-bond acceptors (Lipinski definition) is 3. The van der Waals surface area contributed by atoms with E-state index in [1.54, 1.807) is 24.3 Å². The van der Waals surface area contributed by atoms with Gasteiger partial charge in [0.15, 0.2) is 0 Å². The number of ether oxygens (including phenoxy) is 1. The van der Waals surface area contributed by atoms with Crippen molar-refractivity contribution in [3.8, 4) is 0 Å². The number of nitrogens with two attached hydrogens (primary N) is 1. The Morgan fingerprint density at radius 1 is 1.56 bits per heavy atom. The fraction of sp³-hybridized carbons (Fsp3) is 0.364. The van der Waals surface area contributed by atoms with E-state index in [0.29, 0.717) is 17.9 Å². The van der Waals surface area contributed by atoms with Gasteiger partial charge in [0.2, 0.25) is 0 Å². The number of carbonyl (C=O) groups excluding carboxylic acids is 1. The molecule has 3 N–H and O–H groups in total. The number of carbonyl (C=O) groups is 1. The number of halogens is 1. The molecular weight excluding hydrogens is 230 g/mol. The van der Waals surface area contributed by atoms with Crippen LogP contribution in [0, 0.1) is 0 Å². The standard InChI is InChI=1S/C11H12ClNO3/c12-8-3-1-2-7(4-8)11(15)5-9(6-11)16-10(13)14/h1-4,9,15H,5-6H2,(H2,13,14). The summed E-state index contributed by atoms with van der Waals surface area (Å²) in [7, 11) is 0. The Morgan fingerprint density at radius 2 is 2.25 bits per heavy atom. The number of primary amides is 1. The van der Waals surface area contributed by atoms with Gasteiger partial charge in [-0.25, -0.2) is 4.79 Å². The van der Waals surface area contributed by atoms with Gasteiger partial charge in [-0.1, -0.05) is 23.7 Å². The van der Waals surface area contributed by atoms with Crippen LogP contribution in [0.15, 0.2) is 24.3 Å². The van der Waals surface area contributed by atoms with Crippen molar-refractivity contribution < 1.29 is 14.6 Å². The van der Waals surface area contributed by atoms with Gasteiger partial charge >= 0.3 is 6.09 Å². The summed E-state index contributed by atoms with van der Waals surface area (Å²) in [6.45, 7) is 0. The van der Waals surface area contributed by atoms with E-state index in [1.807, 2.05) is 0 Å². The molecule has 1 amide bonds. The number of hydrogen-bond donors (Lipinski definition) is 2. The van der Waals surface area contributed by atoms with Crippen molar-refractivity contribution in [2.24, 2.45) is 5.73 Å². The van der Waals surface area contributed by atoms with Crippen LogP contribution in [0.4, 0.5) is 4.79 Å². The molecule has 1 fully saturated rings. The molecule has 1 aromatic carbocycles. The summed E-state index contributed by atoms with van der Waals surface area (Å²) >= 11 is 5.84. The minimum absolute atomic E-state index is 0.304. The third kappa shape index (κ3) is 2.13. The second-order valence-electron chi connectivity index (χ2n) is 4.01. The summed E-state index contributed by atoms with van der Waals surface area (Å²) in [6, 6.07) is 7.02. The van der Waals surface area contributed by atoms with Gasteiger partial charge in [-0.3, -0.25) is 0 Å². The molecule has 1 aromatic rings. The fourth-order valence-corrected chi connectivity index (χ4v) is 2.15. The van der Waals surface area contributed by atoms with Gasteiger partial charge in [0.25, 0.3) is 0 Å². The molecule has 0 unspecified atom stereocenters. The average Bonchev–Trinajstić information content (AvgIpc) is 2.14. The summed E-state index contributed by atoms with van der Waals surface area (Å²) in [5, 5.41) is 10.8. The number of aliphatic hydroxyl groups is 1. The molecule has 16 heavy (non-hydrogen) atoms. The van der Waals surface area contributed by atoms with Crippen LogP contribution in [0.25, 0.3) is 0 Å². The first-order valence-corrected chi connectivity index (χ1v) is 5.32. The molecule has 0 radical (unpaired) electrons. The Labute approximate surface area is 98.0 Å².